The van der Waals surface area contributed by atoms with Gasteiger partial charge in [0.1, 0.15) is 11.5 Å². The predicted octanol–water partition coefficient (Wildman–Crippen LogP) is 2.69. The van der Waals surface area contributed by atoms with Crippen molar-refractivity contribution in [1.29, 1.82) is 0 Å². The van der Waals surface area contributed by atoms with E-state index in [4.69, 9.17) is 4.42 Å². The van der Waals surface area contributed by atoms with Gasteiger partial charge in [0.25, 0.3) is 0 Å². The van der Waals surface area contributed by atoms with E-state index in [2.05, 4.69) is 6.92 Å². The second kappa shape index (κ2) is 5.01. The zero-order chi connectivity index (χ0) is 11.4. The summed E-state index contributed by atoms with van der Waals surface area (Å²) in [7, 11) is 0. The Morgan fingerprint density at radius 3 is 2.47 bits per heavy atom. The number of hydrogen-bond donors (Lipinski definition) is 1. The molecule has 0 saturated carbocycles. The van der Waals surface area contributed by atoms with Crippen molar-refractivity contribution < 1.29 is 9.52 Å². The fourth-order valence-corrected chi connectivity index (χ4v) is 1.55. The third-order valence-corrected chi connectivity index (χ3v) is 2.66. The van der Waals surface area contributed by atoms with Gasteiger partial charge in [0.2, 0.25) is 0 Å². The Balaban J connectivity index is 2.94. The van der Waals surface area contributed by atoms with Crippen LogP contribution in [-0.2, 0) is 6.42 Å². The van der Waals surface area contributed by atoms with E-state index in [1.165, 1.54) is 0 Å². The van der Waals surface area contributed by atoms with Crippen LogP contribution < -0.4 is 5.63 Å². The molecule has 1 aromatic heterocycles. The van der Waals surface area contributed by atoms with E-state index < -0.39 is 5.63 Å². The zero-order valence-corrected chi connectivity index (χ0v) is 9.59. The Bertz CT molecular complexity index is 391. The lowest BCUT2D eigenvalue weighted by atomic mass is 10.1. The van der Waals surface area contributed by atoms with Crippen molar-refractivity contribution >= 4 is 0 Å². The maximum atomic E-state index is 11.3. The first-order valence-electron chi connectivity index (χ1n) is 5.40. The topological polar surface area (TPSA) is 50.4 Å². The molecule has 0 aliphatic rings. The minimum atomic E-state index is -0.426. The Kier molecular flexibility index (Phi) is 3.95. The van der Waals surface area contributed by atoms with Gasteiger partial charge in [-0.15, -0.1) is 0 Å². The third-order valence-electron chi connectivity index (χ3n) is 2.66. The van der Waals surface area contributed by atoms with Crippen LogP contribution in [-0.4, -0.2) is 5.11 Å². The van der Waals surface area contributed by atoms with Gasteiger partial charge in [-0.05, 0) is 20.3 Å². The number of aromatic hydroxyl groups is 1. The molecular weight excluding hydrogens is 192 g/mol. The molecule has 1 aromatic rings. The van der Waals surface area contributed by atoms with Gasteiger partial charge in [0.05, 0.1) is 5.56 Å². The summed E-state index contributed by atoms with van der Waals surface area (Å²) in [6.07, 6.45) is 3.95. The minimum absolute atomic E-state index is 0.0812. The lowest BCUT2D eigenvalue weighted by Gasteiger charge is -2.07. The number of hydrogen-bond acceptors (Lipinski definition) is 3. The Hall–Kier alpha value is -1.25. The highest BCUT2D eigenvalue weighted by molar-refractivity contribution is 5.37. The predicted molar refractivity (Wildman–Crippen MR) is 59.3 cm³/mol. The summed E-state index contributed by atoms with van der Waals surface area (Å²) in [5.41, 5.74) is 0.569. The van der Waals surface area contributed by atoms with E-state index in [0.717, 1.165) is 25.7 Å². The van der Waals surface area contributed by atoms with Crippen LogP contribution in [0.2, 0.25) is 0 Å². The van der Waals surface area contributed by atoms with Gasteiger partial charge in [0, 0.05) is 12.0 Å². The lowest BCUT2D eigenvalue weighted by Crippen LogP contribution is -2.07. The fourth-order valence-electron chi connectivity index (χ4n) is 1.55. The first-order valence-corrected chi connectivity index (χ1v) is 5.40. The molecule has 0 fully saturated rings. The molecule has 0 aliphatic heterocycles. The molecule has 0 amide bonds. The quantitative estimate of drug-likeness (QED) is 0.777. The maximum absolute atomic E-state index is 11.3. The highest BCUT2D eigenvalue weighted by Gasteiger charge is 2.12. The standard InChI is InChI=1S/C12H18O3/c1-4-5-6-7-10-8(2)11(13)9(3)12(14)15-10/h13H,4-7H2,1-3H3. The molecule has 1 rings (SSSR count). The first-order chi connectivity index (χ1) is 7.07. The minimum Gasteiger partial charge on any atom is -0.507 e. The third kappa shape index (κ3) is 2.61. The SMILES string of the molecule is CCCCCc1oc(=O)c(C)c(O)c1C. The second-order valence-corrected chi connectivity index (χ2v) is 3.87. The average molecular weight is 210 g/mol. The van der Waals surface area contributed by atoms with E-state index in [0.29, 0.717) is 16.9 Å². The summed E-state index contributed by atoms with van der Waals surface area (Å²) in [5.74, 6) is 0.703. The highest BCUT2D eigenvalue weighted by Crippen LogP contribution is 2.22. The normalized spacial score (nSPS) is 10.6. The fraction of sp³-hybridized carbons (Fsp3) is 0.583. The largest absolute Gasteiger partial charge is 0.507 e. The van der Waals surface area contributed by atoms with E-state index in [-0.39, 0.29) is 5.75 Å². The van der Waals surface area contributed by atoms with Gasteiger partial charge in [-0.3, -0.25) is 0 Å². The first kappa shape index (κ1) is 11.8. The van der Waals surface area contributed by atoms with E-state index >= 15 is 0 Å². The van der Waals surface area contributed by atoms with Gasteiger partial charge in [-0.2, -0.15) is 0 Å². The van der Waals surface area contributed by atoms with Crippen molar-refractivity contribution in [2.75, 3.05) is 0 Å². The van der Waals surface area contributed by atoms with Crippen molar-refractivity contribution in [3.8, 4) is 5.75 Å². The molecule has 0 saturated heterocycles. The van der Waals surface area contributed by atoms with Gasteiger partial charge >= 0.3 is 5.63 Å². The molecule has 3 nitrogen and oxygen atoms in total. The van der Waals surface area contributed by atoms with Crippen LogP contribution in [0.25, 0.3) is 0 Å². The van der Waals surface area contributed by atoms with Crippen molar-refractivity contribution in [2.24, 2.45) is 0 Å². The van der Waals surface area contributed by atoms with Gasteiger partial charge in [-0.25, -0.2) is 4.79 Å². The summed E-state index contributed by atoms with van der Waals surface area (Å²) in [6, 6.07) is 0. The molecule has 0 spiro atoms. The molecule has 1 heterocycles. The zero-order valence-electron chi connectivity index (χ0n) is 9.59. The van der Waals surface area contributed by atoms with Crippen LogP contribution in [0, 0.1) is 13.8 Å². The molecule has 0 aliphatic carbocycles. The molecule has 3 heteroatoms. The Labute approximate surface area is 89.7 Å². The number of aryl methyl sites for hydroxylation is 1. The van der Waals surface area contributed by atoms with Crippen molar-refractivity contribution in [3.05, 3.63) is 27.3 Å². The summed E-state index contributed by atoms with van der Waals surface area (Å²) in [4.78, 5) is 11.3. The molecule has 0 radical (unpaired) electrons. The molecule has 1 N–H and O–H groups in total. The molecule has 0 unspecified atom stereocenters. The molecule has 0 aromatic carbocycles. The van der Waals surface area contributed by atoms with Crippen LogP contribution in [0.4, 0.5) is 0 Å². The van der Waals surface area contributed by atoms with Crippen LogP contribution >= 0.6 is 0 Å². The van der Waals surface area contributed by atoms with E-state index in [1.807, 2.05) is 0 Å². The van der Waals surface area contributed by atoms with Crippen LogP contribution in [0.5, 0.6) is 5.75 Å². The van der Waals surface area contributed by atoms with Gasteiger partial charge in [0.15, 0.2) is 0 Å². The van der Waals surface area contributed by atoms with Gasteiger partial charge < -0.3 is 9.52 Å². The molecule has 0 bridgehead atoms. The summed E-state index contributed by atoms with van der Waals surface area (Å²) in [6.45, 7) is 5.48. The molecular formula is C12H18O3. The second-order valence-electron chi connectivity index (χ2n) is 3.87. The van der Waals surface area contributed by atoms with Crippen LogP contribution in [0.3, 0.4) is 0 Å². The summed E-state index contributed by atoms with van der Waals surface area (Å²) < 4.78 is 5.15. The average Bonchev–Trinajstić information content (AvgIpc) is 2.23. The van der Waals surface area contributed by atoms with Crippen molar-refractivity contribution in [2.45, 2.75) is 46.5 Å². The van der Waals surface area contributed by atoms with Crippen molar-refractivity contribution in [3.63, 3.8) is 0 Å². The number of rotatable bonds is 4. The Morgan fingerprint density at radius 2 is 1.87 bits per heavy atom. The smallest absolute Gasteiger partial charge is 0.342 e. The van der Waals surface area contributed by atoms with Crippen LogP contribution in [0.1, 0.15) is 43.1 Å². The van der Waals surface area contributed by atoms with Gasteiger partial charge in [-0.1, -0.05) is 19.8 Å². The summed E-state index contributed by atoms with van der Waals surface area (Å²) >= 11 is 0. The van der Waals surface area contributed by atoms with E-state index in [1.54, 1.807) is 13.8 Å². The van der Waals surface area contributed by atoms with E-state index in [9.17, 15) is 9.90 Å². The lowest BCUT2D eigenvalue weighted by molar-refractivity contribution is 0.405. The monoisotopic (exact) mass is 210 g/mol. The Morgan fingerprint density at radius 1 is 1.20 bits per heavy atom. The van der Waals surface area contributed by atoms with Crippen LogP contribution in [0.15, 0.2) is 9.21 Å². The highest BCUT2D eigenvalue weighted by atomic mass is 16.4. The molecule has 15 heavy (non-hydrogen) atoms. The molecule has 0 atom stereocenters. The maximum Gasteiger partial charge on any atom is 0.342 e. The van der Waals surface area contributed by atoms with Crippen molar-refractivity contribution in [1.82, 2.24) is 0 Å². The summed E-state index contributed by atoms with van der Waals surface area (Å²) in [5, 5.41) is 9.66. The number of unbranched alkanes of at least 4 members (excludes halogenated alkanes) is 2. The molecule has 84 valence electrons.